The first-order valence-electron chi connectivity index (χ1n) is 7.50. The van der Waals surface area contributed by atoms with Crippen molar-refractivity contribution < 1.29 is 23.1 Å². The molecule has 4 aromatic rings. The lowest BCUT2D eigenvalue weighted by atomic mass is 10.2. The number of aromatic carboxylic acids is 1. The molecule has 0 aliphatic rings. The fraction of sp³-hybridized carbons (Fsp3) is 0.118. The quantitative estimate of drug-likeness (QED) is 0.592. The van der Waals surface area contributed by atoms with Gasteiger partial charge in [-0.1, -0.05) is 0 Å². The van der Waals surface area contributed by atoms with Crippen molar-refractivity contribution in [1.29, 1.82) is 0 Å². The molecule has 3 aromatic heterocycles. The van der Waals surface area contributed by atoms with Gasteiger partial charge in [0.15, 0.2) is 5.65 Å². The zero-order chi connectivity index (χ0) is 18.6. The van der Waals surface area contributed by atoms with Gasteiger partial charge in [0.1, 0.15) is 5.69 Å². The highest BCUT2D eigenvalue weighted by Gasteiger charge is 2.30. The number of alkyl halides is 3. The molecule has 0 spiro atoms. The molecule has 0 radical (unpaired) electrons. The maximum Gasteiger partial charge on any atom is 0.416 e. The van der Waals surface area contributed by atoms with Crippen molar-refractivity contribution in [3.05, 3.63) is 54.0 Å². The molecule has 0 bridgehead atoms. The molecule has 0 atom stereocenters. The fourth-order valence-corrected chi connectivity index (χ4v) is 2.97. The molecular weight excluding hydrogens is 349 g/mol. The van der Waals surface area contributed by atoms with Gasteiger partial charge in [0.25, 0.3) is 0 Å². The van der Waals surface area contributed by atoms with Crippen molar-refractivity contribution in [3.63, 3.8) is 0 Å². The summed E-state index contributed by atoms with van der Waals surface area (Å²) in [5.41, 5.74) is 0.676. The smallest absolute Gasteiger partial charge is 0.416 e. The lowest BCUT2D eigenvalue weighted by molar-refractivity contribution is -0.137. The summed E-state index contributed by atoms with van der Waals surface area (Å²) in [5.74, 6) is -1.16. The van der Waals surface area contributed by atoms with Gasteiger partial charge >= 0.3 is 12.1 Å². The first-order chi connectivity index (χ1) is 12.3. The van der Waals surface area contributed by atoms with E-state index in [1.165, 1.54) is 24.4 Å². The summed E-state index contributed by atoms with van der Waals surface area (Å²) in [6, 6.07) is 6.12. The molecule has 132 valence electrons. The molecule has 9 heteroatoms. The second-order valence-electron chi connectivity index (χ2n) is 5.81. The monoisotopic (exact) mass is 360 g/mol. The molecule has 4 rings (SSSR count). The van der Waals surface area contributed by atoms with Crippen LogP contribution in [-0.2, 0) is 13.2 Å². The Kier molecular flexibility index (Phi) is 3.30. The Morgan fingerprint density at radius 2 is 1.85 bits per heavy atom. The zero-order valence-corrected chi connectivity index (χ0v) is 13.3. The molecule has 6 nitrogen and oxygen atoms in total. The lowest BCUT2D eigenvalue weighted by Crippen LogP contribution is -2.05. The first-order valence-corrected chi connectivity index (χ1v) is 7.50. The van der Waals surface area contributed by atoms with E-state index in [1.54, 1.807) is 22.5 Å². The van der Waals surface area contributed by atoms with Crippen molar-refractivity contribution in [2.45, 2.75) is 6.18 Å². The van der Waals surface area contributed by atoms with Gasteiger partial charge in [-0.15, -0.1) is 0 Å². The molecule has 0 saturated heterocycles. The Bertz CT molecular complexity index is 1160. The van der Waals surface area contributed by atoms with Crippen LogP contribution in [0, 0.1) is 0 Å². The minimum Gasteiger partial charge on any atom is -0.477 e. The number of hydrogen-bond donors (Lipinski definition) is 1. The molecule has 26 heavy (non-hydrogen) atoms. The van der Waals surface area contributed by atoms with Crippen LogP contribution in [-0.4, -0.2) is 30.4 Å². The van der Waals surface area contributed by atoms with Crippen molar-refractivity contribution >= 4 is 27.9 Å². The number of fused-ring (bicyclic) bond motifs is 3. The molecule has 3 heterocycles. The maximum absolute atomic E-state index is 12.8. The molecule has 0 aliphatic heterocycles. The number of carbonyl (C=O) groups is 1. The van der Waals surface area contributed by atoms with Gasteiger partial charge in [0, 0.05) is 29.7 Å². The number of carboxylic acid groups (broad SMARTS) is 1. The van der Waals surface area contributed by atoms with E-state index in [-0.39, 0.29) is 5.69 Å². The third-order valence-electron chi connectivity index (χ3n) is 4.11. The molecule has 1 aromatic carbocycles. The highest BCUT2D eigenvalue weighted by molar-refractivity contribution is 6.09. The fourth-order valence-electron chi connectivity index (χ4n) is 2.97. The standard InChI is InChI=1S/C17H11F3N4O2/c1-23-8-12-11-6-13(16(25)26)21-7-14(11)24(15(12)22-23)10-4-2-9(3-5-10)17(18,19)20/h2-8H,1H3,(H,25,26). The second-order valence-corrected chi connectivity index (χ2v) is 5.81. The first kappa shape index (κ1) is 16.1. The van der Waals surface area contributed by atoms with Crippen LogP contribution in [0.4, 0.5) is 13.2 Å². The predicted molar refractivity (Wildman–Crippen MR) is 87.3 cm³/mol. The van der Waals surface area contributed by atoms with E-state index in [4.69, 9.17) is 5.11 Å². The summed E-state index contributed by atoms with van der Waals surface area (Å²) < 4.78 is 41.6. The van der Waals surface area contributed by atoms with Crippen LogP contribution in [0.1, 0.15) is 16.1 Å². The molecule has 0 amide bonds. The summed E-state index contributed by atoms with van der Waals surface area (Å²) in [4.78, 5) is 15.1. The van der Waals surface area contributed by atoms with E-state index in [9.17, 15) is 18.0 Å². The Labute approximate surface area is 144 Å². The van der Waals surface area contributed by atoms with Gasteiger partial charge in [-0.3, -0.25) is 9.25 Å². The molecular formula is C17H11F3N4O2. The van der Waals surface area contributed by atoms with E-state index < -0.39 is 17.7 Å². The van der Waals surface area contributed by atoms with E-state index in [2.05, 4.69) is 10.1 Å². The van der Waals surface area contributed by atoms with Crippen LogP contribution in [0.5, 0.6) is 0 Å². The third-order valence-corrected chi connectivity index (χ3v) is 4.11. The topological polar surface area (TPSA) is 72.9 Å². The Morgan fingerprint density at radius 3 is 2.46 bits per heavy atom. The van der Waals surface area contributed by atoms with E-state index in [0.717, 1.165) is 12.1 Å². The average Bonchev–Trinajstić information content (AvgIpc) is 3.08. The number of rotatable bonds is 2. The number of carboxylic acids is 1. The number of hydrogen-bond acceptors (Lipinski definition) is 3. The predicted octanol–water partition coefficient (Wildman–Crippen LogP) is 3.63. The van der Waals surface area contributed by atoms with Gasteiger partial charge in [0.05, 0.1) is 17.3 Å². The maximum atomic E-state index is 12.8. The van der Waals surface area contributed by atoms with Gasteiger partial charge in [-0.2, -0.15) is 18.3 Å². The zero-order valence-electron chi connectivity index (χ0n) is 13.3. The van der Waals surface area contributed by atoms with Crippen LogP contribution in [0.25, 0.3) is 27.6 Å². The van der Waals surface area contributed by atoms with E-state index in [1.807, 2.05) is 0 Å². The van der Waals surface area contributed by atoms with Gasteiger partial charge in [-0.05, 0) is 30.3 Å². The SMILES string of the molecule is Cn1cc2c3cc(C(=O)O)ncc3n(-c3ccc(C(F)(F)F)cc3)c2n1. The number of benzene rings is 1. The number of aromatic nitrogens is 4. The normalized spacial score (nSPS) is 12.2. The van der Waals surface area contributed by atoms with Crippen molar-refractivity contribution in [2.75, 3.05) is 0 Å². The largest absolute Gasteiger partial charge is 0.477 e. The van der Waals surface area contributed by atoms with Crippen LogP contribution >= 0.6 is 0 Å². The van der Waals surface area contributed by atoms with Crippen LogP contribution < -0.4 is 0 Å². The number of aryl methyl sites for hydroxylation is 1. The van der Waals surface area contributed by atoms with Crippen LogP contribution in [0.15, 0.2) is 42.7 Å². The minimum atomic E-state index is -4.42. The summed E-state index contributed by atoms with van der Waals surface area (Å²) in [6.07, 6.45) is -1.31. The van der Waals surface area contributed by atoms with Gasteiger partial charge in [-0.25, -0.2) is 9.78 Å². The highest BCUT2D eigenvalue weighted by atomic mass is 19.4. The van der Waals surface area contributed by atoms with Gasteiger partial charge in [0.2, 0.25) is 0 Å². The van der Waals surface area contributed by atoms with Gasteiger partial charge < -0.3 is 5.11 Å². The lowest BCUT2D eigenvalue weighted by Gasteiger charge is -2.10. The number of nitrogens with zero attached hydrogens (tertiary/aromatic N) is 4. The van der Waals surface area contributed by atoms with E-state index >= 15 is 0 Å². The van der Waals surface area contributed by atoms with Crippen LogP contribution in [0.2, 0.25) is 0 Å². The molecule has 0 aliphatic carbocycles. The summed E-state index contributed by atoms with van der Waals surface area (Å²) in [6.45, 7) is 0. The molecule has 0 unspecified atom stereocenters. The third kappa shape index (κ3) is 2.40. The Hall–Kier alpha value is -3.36. The van der Waals surface area contributed by atoms with E-state index in [0.29, 0.717) is 27.6 Å². The Morgan fingerprint density at radius 1 is 1.15 bits per heavy atom. The summed E-state index contributed by atoms with van der Waals surface area (Å²) in [7, 11) is 1.71. The summed E-state index contributed by atoms with van der Waals surface area (Å²) >= 11 is 0. The van der Waals surface area contributed by atoms with Crippen molar-refractivity contribution in [1.82, 2.24) is 19.3 Å². The average molecular weight is 360 g/mol. The number of pyridine rings is 1. The Balaban J connectivity index is 2.00. The second kappa shape index (κ2) is 5.32. The van der Waals surface area contributed by atoms with Crippen molar-refractivity contribution in [3.8, 4) is 5.69 Å². The summed E-state index contributed by atoms with van der Waals surface area (Å²) in [5, 5.41) is 14.8. The number of halogens is 3. The van der Waals surface area contributed by atoms with Crippen molar-refractivity contribution in [2.24, 2.45) is 7.05 Å². The molecule has 0 saturated carbocycles. The molecule has 1 N–H and O–H groups in total. The minimum absolute atomic E-state index is 0.118. The van der Waals surface area contributed by atoms with Crippen LogP contribution in [0.3, 0.4) is 0 Å². The highest BCUT2D eigenvalue weighted by Crippen LogP contribution is 2.33. The molecule has 0 fully saturated rings.